The van der Waals surface area contributed by atoms with Crippen molar-refractivity contribution in [2.45, 2.75) is 39.5 Å². The minimum Gasteiger partial charge on any atom is -0.261 e. The van der Waals surface area contributed by atoms with Crippen LogP contribution in [0.5, 0.6) is 0 Å². The summed E-state index contributed by atoms with van der Waals surface area (Å²) in [6.07, 6.45) is 1.15. The minimum absolute atomic E-state index is 0.258. The summed E-state index contributed by atoms with van der Waals surface area (Å²) in [4.78, 5) is 0. The Morgan fingerprint density at radius 3 is 2.19 bits per heavy atom. The van der Waals surface area contributed by atoms with Gasteiger partial charge in [-0.05, 0) is 28.9 Å². The van der Waals surface area contributed by atoms with Crippen LogP contribution in [-0.4, -0.2) is 6.54 Å². The Bertz CT molecular complexity index is 311. The molecule has 2 heteroatoms. The molecule has 1 N–H and O–H groups in total. The van der Waals surface area contributed by atoms with Crippen molar-refractivity contribution in [2.24, 2.45) is 5.92 Å². The van der Waals surface area contributed by atoms with Gasteiger partial charge in [-0.2, -0.15) is 0 Å². The third kappa shape index (κ3) is 4.42. The van der Waals surface area contributed by atoms with Crippen LogP contribution in [0.25, 0.3) is 0 Å². The van der Waals surface area contributed by atoms with Gasteiger partial charge in [-0.25, -0.2) is 0 Å². The Morgan fingerprint density at radius 1 is 1.19 bits per heavy atom. The van der Waals surface area contributed by atoms with Crippen LogP contribution >= 0.6 is 22.9 Å². The molecule has 1 unspecified atom stereocenters. The van der Waals surface area contributed by atoms with Crippen molar-refractivity contribution in [1.29, 1.82) is 0 Å². The van der Waals surface area contributed by atoms with E-state index >= 15 is 0 Å². The molecule has 1 nitrogen and oxygen atoms in total. The van der Waals surface area contributed by atoms with Gasteiger partial charge in [0.05, 0.1) is 0 Å². The summed E-state index contributed by atoms with van der Waals surface area (Å²) in [5.41, 5.74) is 3.11. The van der Waals surface area contributed by atoms with Gasteiger partial charge in [0.1, 0.15) is 0 Å². The Labute approximate surface area is 114 Å². The van der Waals surface area contributed by atoms with E-state index in [-0.39, 0.29) is 5.41 Å². The lowest BCUT2D eigenvalue weighted by molar-refractivity contribution is 0.577. The van der Waals surface area contributed by atoms with Crippen molar-refractivity contribution < 1.29 is 0 Å². The quantitative estimate of drug-likeness (QED) is 0.647. The van der Waals surface area contributed by atoms with Crippen LogP contribution in [0, 0.1) is 5.92 Å². The van der Waals surface area contributed by atoms with Crippen molar-refractivity contribution in [1.82, 2.24) is 3.53 Å². The maximum absolute atomic E-state index is 3.19. The van der Waals surface area contributed by atoms with Crippen molar-refractivity contribution in [3.05, 3.63) is 35.4 Å². The van der Waals surface area contributed by atoms with Crippen molar-refractivity contribution in [3.8, 4) is 0 Å². The Balaban J connectivity index is 2.65. The average Bonchev–Trinajstić information content (AvgIpc) is 2.17. The fourth-order valence-corrected chi connectivity index (χ4v) is 2.50. The summed E-state index contributed by atoms with van der Waals surface area (Å²) in [7, 11) is 0. The SMILES string of the molecule is CC(CNI)Cc1ccc(C(C)(C)C)cc1. The second kappa shape index (κ2) is 6.01. The fourth-order valence-electron chi connectivity index (χ4n) is 1.75. The van der Waals surface area contributed by atoms with Crippen LogP contribution in [0.4, 0.5) is 0 Å². The summed E-state index contributed by atoms with van der Waals surface area (Å²) in [6.45, 7) is 10.1. The van der Waals surface area contributed by atoms with Crippen LogP contribution in [0.2, 0.25) is 0 Å². The zero-order valence-electron chi connectivity index (χ0n) is 10.7. The molecule has 1 aromatic carbocycles. The van der Waals surface area contributed by atoms with Gasteiger partial charge in [-0.1, -0.05) is 52.0 Å². The van der Waals surface area contributed by atoms with E-state index in [0.29, 0.717) is 5.92 Å². The first-order valence-corrected chi connectivity index (χ1v) is 6.94. The van der Waals surface area contributed by atoms with E-state index in [1.165, 1.54) is 11.1 Å². The molecule has 0 spiro atoms. The van der Waals surface area contributed by atoms with Gasteiger partial charge in [-0.15, -0.1) is 0 Å². The van der Waals surface area contributed by atoms with Gasteiger partial charge in [0.2, 0.25) is 0 Å². The molecule has 0 aliphatic carbocycles. The highest BCUT2D eigenvalue weighted by molar-refractivity contribution is 14.1. The highest BCUT2D eigenvalue weighted by Gasteiger charge is 2.13. The molecule has 0 aliphatic rings. The number of halogens is 1. The number of nitrogens with one attached hydrogen (secondary N) is 1. The monoisotopic (exact) mass is 331 g/mol. The van der Waals surface area contributed by atoms with Crippen LogP contribution in [0.1, 0.15) is 38.8 Å². The lowest BCUT2D eigenvalue weighted by Gasteiger charge is -2.19. The van der Waals surface area contributed by atoms with Crippen LogP contribution < -0.4 is 3.53 Å². The Kier molecular flexibility index (Phi) is 5.25. The van der Waals surface area contributed by atoms with Crippen molar-refractivity contribution in [3.63, 3.8) is 0 Å². The average molecular weight is 331 g/mol. The van der Waals surface area contributed by atoms with Gasteiger partial charge < -0.3 is 0 Å². The van der Waals surface area contributed by atoms with E-state index in [1.54, 1.807) is 0 Å². The first-order valence-electron chi connectivity index (χ1n) is 5.86. The van der Waals surface area contributed by atoms with E-state index in [9.17, 15) is 0 Å². The Morgan fingerprint density at radius 2 is 1.75 bits per heavy atom. The molecule has 16 heavy (non-hydrogen) atoms. The zero-order valence-corrected chi connectivity index (χ0v) is 12.8. The van der Waals surface area contributed by atoms with Crippen molar-refractivity contribution in [2.75, 3.05) is 6.54 Å². The molecule has 0 saturated heterocycles. The van der Waals surface area contributed by atoms with E-state index in [4.69, 9.17) is 0 Å². The van der Waals surface area contributed by atoms with E-state index in [1.807, 2.05) is 0 Å². The second-order valence-electron chi connectivity index (χ2n) is 5.59. The van der Waals surface area contributed by atoms with Crippen LogP contribution in [0.15, 0.2) is 24.3 Å². The van der Waals surface area contributed by atoms with Gasteiger partial charge in [0.15, 0.2) is 0 Å². The minimum atomic E-state index is 0.258. The molecule has 0 bridgehead atoms. The fraction of sp³-hybridized carbons (Fsp3) is 0.571. The molecule has 0 aliphatic heterocycles. The highest BCUT2D eigenvalue weighted by atomic mass is 127. The van der Waals surface area contributed by atoms with Gasteiger partial charge >= 0.3 is 0 Å². The summed E-state index contributed by atoms with van der Waals surface area (Å²) < 4.78 is 3.19. The molecule has 1 atom stereocenters. The maximum atomic E-state index is 3.19. The number of rotatable bonds is 4. The normalized spacial score (nSPS) is 13.8. The van der Waals surface area contributed by atoms with Gasteiger partial charge in [-0.3, -0.25) is 3.53 Å². The van der Waals surface area contributed by atoms with Gasteiger partial charge in [0, 0.05) is 29.4 Å². The molecule has 1 rings (SSSR count). The third-order valence-electron chi connectivity index (χ3n) is 2.83. The molecule has 90 valence electrons. The van der Waals surface area contributed by atoms with E-state index in [0.717, 1.165) is 13.0 Å². The first-order chi connectivity index (χ1) is 7.43. The second-order valence-corrected chi connectivity index (χ2v) is 6.36. The molecule has 0 saturated carbocycles. The number of hydrogen-bond donors (Lipinski definition) is 1. The molecule has 0 aromatic heterocycles. The predicted molar refractivity (Wildman–Crippen MR) is 80.0 cm³/mol. The van der Waals surface area contributed by atoms with Gasteiger partial charge in [0.25, 0.3) is 0 Å². The first kappa shape index (κ1) is 14.0. The lowest BCUT2D eigenvalue weighted by Crippen LogP contribution is -2.14. The summed E-state index contributed by atoms with van der Waals surface area (Å²) >= 11 is 2.21. The smallest absolute Gasteiger partial charge is 0.0169 e. The number of benzene rings is 1. The van der Waals surface area contributed by atoms with Crippen molar-refractivity contribution >= 4 is 22.9 Å². The summed E-state index contributed by atoms with van der Waals surface area (Å²) in [5, 5.41) is 0. The molecule has 0 amide bonds. The zero-order chi connectivity index (χ0) is 12.2. The van der Waals surface area contributed by atoms with E-state index < -0.39 is 0 Å². The molecule has 0 radical (unpaired) electrons. The maximum Gasteiger partial charge on any atom is 0.0169 e. The van der Waals surface area contributed by atoms with Crippen LogP contribution in [0.3, 0.4) is 0 Å². The largest absolute Gasteiger partial charge is 0.261 e. The predicted octanol–water partition coefficient (Wildman–Crippen LogP) is 4.10. The van der Waals surface area contributed by atoms with Crippen LogP contribution in [-0.2, 0) is 11.8 Å². The molecule has 0 heterocycles. The topological polar surface area (TPSA) is 12.0 Å². The standard InChI is InChI=1S/C14H22IN/c1-11(10-16-15)9-12-5-7-13(8-6-12)14(2,3)4/h5-8,11,16H,9-10H2,1-4H3. The molecular formula is C14H22IN. The summed E-state index contributed by atoms with van der Waals surface area (Å²) in [6, 6.07) is 9.06. The Hall–Kier alpha value is -0.0900. The lowest BCUT2D eigenvalue weighted by atomic mass is 9.86. The summed E-state index contributed by atoms with van der Waals surface area (Å²) in [5.74, 6) is 0.692. The molecule has 0 fully saturated rings. The molecule has 1 aromatic rings. The number of hydrogen-bond acceptors (Lipinski definition) is 1. The molecular weight excluding hydrogens is 309 g/mol. The third-order valence-corrected chi connectivity index (χ3v) is 3.27. The van der Waals surface area contributed by atoms with E-state index in [2.05, 4.69) is 78.4 Å². The highest BCUT2D eigenvalue weighted by Crippen LogP contribution is 2.22.